The highest BCUT2D eigenvalue weighted by Gasteiger charge is 2.24. The van der Waals surface area contributed by atoms with Gasteiger partial charge in [-0.15, -0.1) is 0 Å². The minimum atomic E-state index is 0.0189. The Kier molecular flexibility index (Phi) is 5.29. The molecule has 2 N–H and O–H groups in total. The van der Waals surface area contributed by atoms with Crippen molar-refractivity contribution in [2.75, 3.05) is 26.2 Å². The molecular weight excluding hydrogens is 380 g/mol. The normalized spacial score (nSPS) is 19.2. The van der Waals surface area contributed by atoms with Crippen LogP contribution in [0, 0.1) is 0 Å². The third kappa shape index (κ3) is 3.91. The number of amides is 1. The zero-order valence-corrected chi connectivity index (χ0v) is 17.3. The van der Waals surface area contributed by atoms with E-state index in [2.05, 4.69) is 39.8 Å². The second kappa shape index (κ2) is 8.20. The van der Waals surface area contributed by atoms with Gasteiger partial charge in [0.2, 0.25) is 0 Å². The van der Waals surface area contributed by atoms with Gasteiger partial charge in [-0.25, -0.2) is 4.99 Å². The SMILES string of the molecule is O=C(NC1CCCC1)c1ccc2c(c1)N=C(N1CCNCC1)c1ccccc1S2. The molecule has 0 radical (unpaired) electrons. The summed E-state index contributed by atoms with van der Waals surface area (Å²) in [5, 5.41) is 6.61. The van der Waals surface area contributed by atoms with Gasteiger partial charge in [0.05, 0.1) is 5.69 Å². The van der Waals surface area contributed by atoms with Gasteiger partial charge in [-0.3, -0.25) is 4.79 Å². The number of hydrogen-bond acceptors (Lipinski definition) is 5. The molecule has 1 amide bonds. The summed E-state index contributed by atoms with van der Waals surface area (Å²) in [4.78, 5) is 22.6. The van der Waals surface area contributed by atoms with Gasteiger partial charge in [-0.1, -0.05) is 42.8 Å². The highest BCUT2D eigenvalue weighted by Crippen LogP contribution is 2.41. The minimum Gasteiger partial charge on any atom is -0.354 e. The van der Waals surface area contributed by atoms with Gasteiger partial charge in [-0.05, 0) is 37.1 Å². The van der Waals surface area contributed by atoms with Gasteiger partial charge in [0.15, 0.2) is 0 Å². The van der Waals surface area contributed by atoms with E-state index in [4.69, 9.17) is 4.99 Å². The number of carbonyl (C=O) groups is 1. The van der Waals surface area contributed by atoms with E-state index in [1.807, 2.05) is 18.2 Å². The zero-order chi connectivity index (χ0) is 19.6. The van der Waals surface area contributed by atoms with E-state index in [0.717, 1.165) is 55.4 Å². The molecule has 2 aromatic rings. The van der Waals surface area contributed by atoms with Crippen LogP contribution in [0.25, 0.3) is 0 Å². The average Bonchev–Trinajstić information content (AvgIpc) is 3.21. The summed E-state index contributed by atoms with van der Waals surface area (Å²) in [6.07, 6.45) is 4.60. The van der Waals surface area contributed by atoms with Crippen LogP contribution < -0.4 is 10.6 Å². The maximum Gasteiger partial charge on any atom is 0.251 e. The van der Waals surface area contributed by atoms with Gasteiger partial charge >= 0.3 is 0 Å². The fourth-order valence-electron chi connectivity index (χ4n) is 4.32. The topological polar surface area (TPSA) is 56.7 Å². The Balaban J connectivity index is 1.51. The number of nitrogens with one attached hydrogen (secondary N) is 2. The number of fused-ring (bicyclic) bond motifs is 2. The van der Waals surface area contributed by atoms with Crippen molar-refractivity contribution in [1.82, 2.24) is 15.5 Å². The Bertz CT molecular complexity index is 946. The Morgan fingerprint density at radius 3 is 2.69 bits per heavy atom. The molecule has 6 heteroatoms. The fourth-order valence-corrected chi connectivity index (χ4v) is 5.32. The maximum atomic E-state index is 12.8. The number of amidine groups is 1. The first-order valence-electron chi connectivity index (χ1n) is 10.5. The molecule has 150 valence electrons. The Morgan fingerprint density at radius 2 is 1.86 bits per heavy atom. The predicted molar refractivity (Wildman–Crippen MR) is 117 cm³/mol. The van der Waals surface area contributed by atoms with Crippen molar-refractivity contribution in [2.24, 2.45) is 4.99 Å². The van der Waals surface area contributed by atoms with Gasteiger partial charge < -0.3 is 15.5 Å². The number of hydrogen-bond donors (Lipinski definition) is 2. The van der Waals surface area contributed by atoms with Crippen molar-refractivity contribution in [3.63, 3.8) is 0 Å². The maximum absolute atomic E-state index is 12.8. The molecule has 0 aromatic heterocycles. The third-order valence-electron chi connectivity index (χ3n) is 5.90. The number of nitrogens with zero attached hydrogens (tertiary/aromatic N) is 2. The van der Waals surface area contributed by atoms with Crippen LogP contribution in [0.15, 0.2) is 57.2 Å². The van der Waals surface area contributed by atoms with Crippen molar-refractivity contribution >= 4 is 29.2 Å². The van der Waals surface area contributed by atoms with Crippen molar-refractivity contribution < 1.29 is 4.79 Å². The molecule has 0 unspecified atom stereocenters. The highest BCUT2D eigenvalue weighted by molar-refractivity contribution is 7.99. The number of rotatable bonds is 2. The van der Waals surface area contributed by atoms with Crippen molar-refractivity contribution in [1.29, 1.82) is 0 Å². The molecule has 2 heterocycles. The van der Waals surface area contributed by atoms with Gasteiger partial charge in [0, 0.05) is 53.1 Å². The van der Waals surface area contributed by atoms with E-state index < -0.39 is 0 Å². The summed E-state index contributed by atoms with van der Waals surface area (Å²) < 4.78 is 0. The summed E-state index contributed by atoms with van der Waals surface area (Å²) >= 11 is 1.74. The van der Waals surface area contributed by atoms with Gasteiger partial charge in [-0.2, -0.15) is 0 Å². The molecule has 5 nitrogen and oxygen atoms in total. The second-order valence-corrected chi connectivity index (χ2v) is 8.99. The van der Waals surface area contributed by atoms with E-state index in [-0.39, 0.29) is 5.91 Å². The summed E-state index contributed by atoms with van der Waals surface area (Å²) in [6, 6.07) is 14.7. The predicted octanol–water partition coefficient (Wildman–Crippen LogP) is 3.81. The summed E-state index contributed by atoms with van der Waals surface area (Å²) in [6.45, 7) is 3.81. The van der Waals surface area contributed by atoms with E-state index in [1.54, 1.807) is 11.8 Å². The van der Waals surface area contributed by atoms with Crippen LogP contribution in [0.4, 0.5) is 5.69 Å². The summed E-state index contributed by atoms with van der Waals surface area (Å²) in [5.74, 6) is 1.03. The zero-order valence-electron chi connectivity index (χ0n) is 16.5. The van der Waals surface area contributed by atoms with Crippen LogP contribution >= 0.6 is 11.8 Å². The number of carbonyl (C=O) groups excluding carboxylic acids is 1. The average molecular weight is 407 g/mol. The highest BCUT2D eigenvalue weighted by atomic mass is 32.2. The smallest absolute Gasteiger partial charge is 0.251 e. The molecule has 2 aliphatic heterocycles. The van der Waals surface area contributed by atoms with E-state index >= 15 is 0 Å². The first-order chi connectivity index (χ1) is 14.3. The largest absolute Gasteiger partial charge is 0.354 e. The van der Waals surface area contributed by atoms with Gasteiger partial charge in [0.25, 0.3) is 5.91 Å². The Labute approximate surface area is 176 Å². The lowest BCUT2D eigenvalue weighted by Crippen LogP contribution is -2.46. The quantitative estimate of drug-likeness (QED) is 0.796. The molecule has 29 heavy (non-hydrogen) atoms. The summed E-state index contributed by atoms with van der Waals surface area (Å²) in [5.41, 5.74) is 2.76. The van der Waals surface area contributed by atoms with Crippen LogP contribution in [0.1, 0.15) is 41.6 Å². The molecule has 1 saturated heterocycles. The lowest BCUT2D eigenvalue weighted by Gasteiger charge is -2.30. The molecule has 1 aliphatic carbocycles. The molecule has 2 aromatic carbocycles. The van der Waals surface area contributed by atoms with Crippen LogP contribution in [0.2, 0.25) is 0 Å². The number of aliphatic imine (C=N–C) groups is 1. The van der Waals surface area contributed by atoms with Crippen LogP contribution in [0.3, 0.4) is 0 Å². The summed E-state index contributed by atoms with van der Waals surface area (Å²) in [7, 11) is 0. The molecule has 1 saturated carbocycles. The fraction of sp³-hybridized carbons (Fsp3) is 0.391. The van der Waals surface area contributed by atoms with Crippen LogP contribution in [0.5, 0.6) is 0 Å². The standard InChI is InChI=1S/C23H26N4OS/c28-23(25-17-5-1-2-6-17)16-9-10-21-19(15-16)26-22(27-13-11-24-12-14-27)18-7-3-4-8-20(18)29-21/h3-4,7-10,15,17,24H,1-2,5-6,11-14H2,(H,25,28). The monoisotopic (exact) mass is 406 g/mol. The Hall–Kier alpha value is -2.31. The van der Waals surface area contributed by atoms with E-state index in [0.29, 0.717) is 11.6 Å². The lowest BCUT2D eigenvalue weighted by atomic mass is 10.1. The Morgan fingerprint density at radius 1 is 1.07 bits per heavy atom. The first kappa shape index (κ1) is 18.7. The third-order valence-corrected chi connectivity index (χ3v) is 7.04. The molecule has 3 aliphatic rings. The molecule has 0 spiro atoms. The second-order valence-electron chi connectivity index (χ2n) is 7.91. The molecule has 5 rings (SSSR count). The molecule has 0 bridgehead atoms. The minimum absolute atomic E-state index is 0.0189. The van der Waals surface area contributed by atoms with E-state index in [1.165, 1.54) is 23.3 Å². The first-order valence-corrected chi connectivity index (χ1v) is 11.4. The number of piperazine rings is 1. The van der Waals surface area contributed by atoms with Crippen molar-refractivity contribution in [3.05, 3.63) is 53.6 Å². The lowest BCUT2D eigenvalue weighted by molar-refractivity contribution is 0.0938. The van der Waals surface area contributed by atoms with Crippen LogP contribution in [-0.4, -0.2) is 48.9 Å². The van der Waals surface area contributed by atoms with Gasteiger partial charge in [0.1, 0.15) is 5.84 Å². The van der Waals surface area contributed by atoms with Crippen molar-refractivity contribution in [3.8, 4) is 0 Å². The molecular formula is C23H26N4OS. The number of benzene rings is 2. The van der Waals surface area contributed by atoms with Crippen LogP contribution in [-0.2, 0) is 0 Å². The molecule has 0 atom stereocenters. The van der Waals surface area contributed by atoms with E-state index in [9.17, 15) is 4.79 Å². The van der Waals surface area contributed by atoms with Crippen molar-refractivity contribution in [2.45, 2.75) is 41.5 Å². The molecule has 2 fully saturated rings.